The molecular formula is C16H18N4O2S3. The van der Waals surface area contributed by atoms with Gasteiger partial charge in [-0.1, -0.05) is 35.7 Å². The van der Waals surface area contributed by atoms with E-state index in [1.54, 1.807) is 30.0 Å². The molecule has 0 amide bonds. The van der Waals surface area contributed by atoms with Crippen LogP contribution in [-0.4, -0.2) is 38.1 Å². The van der Waals surface area contributed by atoms with E-state index in [0.717, 1.165) is 27.4 Å². The van der Waals surface area contributed by atoms with Crippen LogP contribution in [0.1, 0.15) is 19.7 Å². The summed E-state index contributed by atoms with van der Waals surface area (Å²) in [5.41, 5.74) is 1.02. The van der Waals surface area contributed by atoms with E-state index < -0.39 is 0 Å². The van der Waals surface area contributed by atoms with E-state index in [9.17, 15) is 4.79 Å². The minimum Gasteiger partial charge on any atom is -0.468 e. The van der Waals surface area contributed by atoms with Gasteiger partial charge < -0.3 is 9.30 Å². The van der Waals surface area contributed by atoms with Crippen molar-refractivity contribution in [2.75, 3.05) is 7.11 Å². The van der Waals surface area contributed by atoms with E-state index in [1.165, 1.54) is 23.6 Å². The number of hydrogen-bond donors (Lipinski definition) is 0. The van der Waals surface area contributed by atoms with Gasteiger partial charge >= 0.3 is 5.97 Å². The normalized spacial score (nSPS) is 12.4. The topological polar surface area (TPSA) is 69.9 Å². The number of aromatic nitrogens is 4. The van der Waals surface area contributed by atoms with Crippen molar-refractivity contribution in [1.82, 2.24) is 19.7 Å². The highest BCUT2D eigenvalue weighted by molar-refractivity contribution is 8.00. The molecule has 0 unspecified atom stereocenters. The Morgan fingerprint density at radius 1 is 1.36 bits per heavy atom. The number of benzene rings is 1. The molecular weight excluding hydrogens is 376 g/mol. The maximum atomic E-state index is 11.6. The molecule has 0 spiro atoms. The van der Waals surface area contributed by atoms with E-state index in [2.05, 4.69) is 21.2 Å². The SMILES string of the molecule is CCn1c(CSc2nc3ccccc3s2)nnc1S[C@H](C)C(=O)OC. The highest BCUT2D eigenvalue weighted by atomic mass is 32.2. The molecule has 0 saturated carbocycles. The number of fused-ring (bicyclic) bond motifs is 1. The first kappa shape index (κ1) is 18.2. The molecule has 0 bridgehead atoms. The smallest absolute Gasteiger partial charge is 0.318 e. The molecule has 0 aliphatic carbocycles. The van der Waals surface area contributed by atoms with Gasteiger partial charge in [0.1, 0.15) is 11.1 Å². The highest BCUT2D eigenvalue weighted by Gasteiger charge is 2.20. The summed E-state index contributed by atoms with van der Waals surface area (Å²) in [4.78, 5) is 16.2. The lowest BCUT2D eigenvalue weighted by molar-refractivity contribution is -0.139. The van der Waals surface area contributed by atoms with Crippen molar-refractivity contribution in [2.24, 2.45) is 0 Å². The lowest BCUT2D eigenvalue weighted by Gasteiger charge is -2.10. The number of para-hydroxylation sites is 1. The predicted octanol–water partition coefficient (Wildman–Crippen LogP) is 3.85. The van der Waals surface area contributed by atoms with Crippen LogP contribution < -0.4 is 0 Å². The van der Waals surface area contributed by atoms with Gasteiger partial charge in [-0.05, 0) is 26.0 Å². The molecule has 0 aliphatic rings. The zero-order valence-corrected chi connectivity index (χ0v) is 16.6. The molecule has 0 saturated heterocycles. The molecule has 1 aromatic carbocycles. The lowest BCUT2D eigenvalue weighted by Crippen LogP contribution is -2.16. The first-order chi connectivity index (χ1) is 12.1. The van der Waals surface area contributed by atoms with Crippen LogP contribution in [-0.2, 0) is 21.8 Å². The Hall–Kier alpha value is -1.58. The zero-order chi connectivity index (χ0) is 17.8. The summed E-state index contributed by atoms with van der Waals surface area (Å²) in [6.45, 7) is 4.60. The predicted molar refractivity (Wildman–Crippen MR) is 102 cm³/mol. The molecule has 1 atom stereocenters. The van der Waals surface area contributed by atoms with Crippen LogP contribution in [0.4, 0.5) is 0 Å². The number of thiazole rings is 1. The van der Waals surface area contributed by atoms with Gasteiger partial charge in [-0.15, -0.1) is 21.5 Å². The number of rotatable bonds is 7. The Bertz CT molecular complexity index is 844. The lowest BCUT2D eigenvalue weighted by atomic mass is 10.3. The molecule has 0 radical (unpaired) electrons. The first-order valence-corrected chi connectivity index (χ1v) is 10.5. The van der Waals surface area contributed by atoms with Crippen LogP contribution in [0.15, 0.2) is 33.8 Å². The zero-order valence-electron chi connectivity index (χ0n) is 14.1. The fraction of sp³-hybridized carbons (Fsp3) is 0.375. The Morgan fingerprint density at radius 2 is 2.16 bits per heavy atom. The van der Waals surface area contributed by atoms with E-state index in [1.807, 2.05) is 29.7 Å². The van der Waals surface area contributed by atoms with Gasteiger partial charge in [0.15, 0.2) is 9.50 Å². The third-order valence-electron chi connectivity index (χ3n) is 3.52. The van der Waals surface area contributed by atoms with Gasteiger partial charge in [0.2, 0.25) is 0 Å². The summed E-state index contributed by atoms with van der Waals surface area (Å²) >= 11 is 4.70. The van der Waals surface area contributed by atoms with Crippen molar-refractivity contribution in [1.29, 1.82) is 0 Å². The minimum atomic E-state index is -0.315. The summed E-state index contributed by atoms with van der Waals surface area (Å²) in [7, 11) is 1.39. The summed E-state index contributed by atoms with van der Waals surface area (Å²) < 4.78 is 9.01. The maximum Gasteiger partial charge on any atom is 0.318 e. The summed E-state index contributed by atoms with van der Waals surface area (Å²) in [5, 5.41) is 8.95. The van der Waals surface area contributed by atoms with E-state index >= 15 is 0 Å². The summed E-state index contributed by atoms with van der Waals surface area (Å²) in [6, 6.07) is 8.12. The Morgan fingerprint density at radius 3 is 2.88 bits per heavy atom. The van der Waals surface area contributed by atoms with Crippen molar-refractivity contribution in [3.63, 3.8) is 0 Å². The summed E-state index contributed by atoms with van der Waals surface area (Å²) in [5.74, 6) is 1.31. The second-order valence-electron chi connectivity index (χ2n) is 5.16. The fourth-order valence-electron chi connectivity index (χ4n) is 2.24. The standard InChI is InChI=1S/C16H18N4O2S3/c1-4-20-13(18-19-15(20)24-10(2)14(21)22-3)9-23-16-17-11-7-5-6-8-12(11)25-16/h5-8,10H,4,9H2,1-3H3/t10-/m1/s1. The van der Waals surface area contributed by atoms with Crippen LogP contribution in [0, 0.1) is 0 Å². The minimum absolute atomic E-state index is 0.263. The van der Waals surface area contributed by atoms with Crippen molar-refractivity contribution >= 4 is 51.0 Å². The molecule has 2 heterocycles. The number of ether oxygens (including phenoxy) is 1. The molecule has 3 aromatic rings. The van der Waals surface area contributed by atoms with Gasteiger partial charge in [-0.3, -0.25) is 4.79 Å². The van der Waals surface area contributed by atoms with Gasteiger partial charge in [-0.25, -0.2) is 4.98 Å². The monoisotopic (exact) mass is 394 g/mol. The molecule has 9 heteroatoms. The van der Waals surface area contributed by atoms with E-state index in [0.29, 0.717) is 5.75 Å². The largest absolute Gasteiger partial charge is 0.468 e. The quantitative estimate of drug-likeness (QED) is 0.445. The molecule has 0 fully saturated rings. The van der Waals surface area contributed by atoms with Gasteiger partial charge in [0.05, 0.1) is 23.1 Å². The fourth-order valence-corrected chi connectivity index (χ4v) is 5.21. The van der Waals surface area contributed by atoms with Crippen molar-refractivity contribution < 1.29 is 9.53 Å². The van der Waals surface area contributed by atoms with Crippen molar-refractivity contribution in [2.45, 2.75) is 40.9 Å². The number of hydrogen-bond acceptors (Lipinski definition) is 8. The summed E-state index contributed by atoms with van der Waals surface area (Å²) in [6.07, 6.45) is 0. The van der Waals surface area contributed by atoms with Crippen LogP contribution in [0.3, 0.4) is 0 Å². The van der Waals surface area contributed by atoms with Gasteiger partial charge in [-0.2, -0.15) is 0 Å². The maximum absolute atomic E-state index is 11.6. The average molecular weight is 395 g/mol. The van der Waals surface area contributed by atoms with E-state index in [-0.39, 0.29) is 11.2 Å². The molecule has 25 heavy (non-hydrogen) atoms. The molecule has 0 N–H and O–H groups in total. The van der Waals surface area contributed by atoms with E-state index in [4.69, 9.17) is 4.74 Å². The molecule has 0 aliphatic heterocycles. The second kappa shape index (κ2) is 8.20. The number of thioether (sulfide) groups is 2. The number of esters is 1. The van der Waals surface area contributed by atoms with Gasteiger partial charge in [0.25, 0.3) is 0 Å². The van der Waals surface area contributed by atoms with Crippen molar-refractivity contribution in [3.8, 4) is 0 Å². The second-order valence-corrected chi connectivity index (χ2v) is 8.72. The third kappa shape index (κ3) is 4.16. The Balaban J connectivity index is 1.71. The molecule has 3 rings (SSSR count). The van der Waals surface area contributed by atoms with Crippen LogP contribution in [0.2, 0.25) is 0 Å². The Kier molecular flexibility index (Phi) is 5.98. The third-order valence-corrected chi connectivity index (χ3v) is 6.76. The molecule has 2 aromatic heterocycles. The molecule has 6 nitrogen and oxygen atoms in total. The van der Waals surface area contributed by atoms with Gasteiger partial charge in [0, 0.05) is 6.54 Å². The number of carbonyl (C=O) groups excluding carboxylic acids is 1. The number of carbonyl (C=O) groups is 1. The van der Waals surface area contributed by atoms with Crippen LogP contribution >= 0.6 is 34.9 Å². The number of methoxy groups -OCH3 is 1. The van der Waals surface area contributed by atoms with Crippen LogP contribution in [0.5, 0.6) is 0 Å². The number of nitrogens with zero attached hydrogens (tertiary/aromatic N) is 4. The average Bonchev–Trinajstić information content (AvgIpc) is 3.21. The first-order valence-electron chi connectivity index (χ1n) is 7.77. The Labute approximate surface area is 158 Å². The molecule has 132 valence electrons. The highest BCUT2D eigenvalue weighted by Crippen LogP contribution is 2.32. The van der Waals surface area contributed by atoms with Crippen LogP contribution in [0.25, 0.3) is 10.2 Å². The van der Waals surface area contributed by atoms with Crippen molar-refractivity contribution in [3.05, 3.63) is 30.1 Å².